The van der Waals surface area contributed by atoms with E-state index in [4.69, 9.17) is 9.84 Å². The number of hydrogen-bond donors (Lipinski definition) is 1. The molecule has 0 fully saturated rings. The summed E-state index contributed by atoms with van der Waals surface area (Å²) < 4.78 is 44.2. The standard InChI is InChI=1S/C22H20F3NO3S/c1-13-3-4-15(5-10-20(27)28)11-18(13)29-12-19-14(2)26-21(30-19)16-6-8-17(9-7-16)22(23,24)25/h3-4,6-9,11H,5,10,12H2,1-2H3,(H,27,28). The molecule has 0 saturated carbocycles. The normalized spacial score (nSPS) is 11.5. The quantitative estimate of drug-likeness (QED) is 0.491. The lowest BCUT2D eigenvalue weighted by molar-refractivity contribution is -0.138. The maximum Gasteiger partial charge on any atom is 0.416 e. The molecular weight excluding hydrogens is 415 g/mol. The zero-order chi connectivity index (χ0) is 21.9. The van der Waals surface area contributed by atoms with Crippen molar-refractivity contribution in [2.24, 2.45) is 0 Å². The molecule has 2 aromatic carbocycles. The lowest BCUT2D eigenvalue weighted by atomic mass is 10.1. The van der Waals surface area contributed by atoms with Gasteiger partial charge >= 0.3 is 12.1 Å². The smallest absolute Gasteiger partial charge is 0.416 e. The number of aryl methyl sites for hydroxylation is 3. The van der Waals surface area contributed by atoms with E-state index >= 15 is 0 Å². The highest BCUT2D eigenvalue weighted by atomic mass is 32.1. The first-order valence-corrected chi connectivity index (χ1v) is 10.0. The summed E-state index contributed by atoms with van der Waals surface area (Å²) in [6, 6.07) is 10.5. The van der Waals surface area contributed by atoms with Gasteiger partial charge in [-0.15, -0.1) is 11.3 Å². The van der Waals surface area contributed by atoms with Crippen molar-refractivity contribution in [3.63, 3.8) is 0 Å². The van der Waals surface area contributed by atoms with Crippen LogP contribution >= 0.6 is 11.3 Å². The molecule has 1 aromatic heterocycles. The summed E-state index contributed by atoms with van der Waals surface area (Å²) in [6.45, 7) is 4.01. The molecule has 1 N–H and O–H groups in total. The number of benzene rings is 2. The fourth-order valence-corrected chi connectivity index (χ4v) is 3.82. The average Bonchev–Trinajstić information content (AvgIpc) is 3.06. The predicted molar refractivity (Wildman–Crippen MR) is 109 cm³/mol. The lowest BCUT2D eigenvalue weighted by Gasteiger charge is -2.10. The Bertz CT molecular complexity index is 1040. The number of aromatic nitrogens is 1. The minimum absolute atomic E-state index is 0.0486. The van der Waals surface area contributed by atoms with Gasteiger partial charge in [0, 0.05) is 12.0 Å². The van der Waals surface area contributed by atoms with Crippen molar-refractivity contribution in [1.82, 2.24) is 4.98 Å². The fraction of sp³-hybridized carbons (Fsp3) is 0.273. The number of thiazole rings is 1. The van der Waals surface area contributed by atoms with Gasteiger partial charge < -0.3 is 9.84 Å². The molecule has 3 aromatic rings. The molecule has 0 atom stereocenters. The third kappa shape index (κ3) is 5.38. The molecule has 0 bridgehead atoms. The van der Waals surface area contributed by atoms with Crippen molar-refractivity contribution in [1.29, 1.82) is 0 Å². The Morgan fingerprint density at radius 3 is 2.47 bits per heavy atom. The van der Waals surface area contributed by atoms with Crippen LogP contribution in [0.4, 0.5) is 13.2 Å². The van der Waals surface area contributed by atoms with Crippen LogP contribution in [0.15, 0.2) is 42.5 Å². The van der Waals surface area contributed by atoms with Gasteiger partial charge in [0.15, 0.2) is 0 Å². The van der Waals surface area contributed by atoms with E-state index in [1.165, 1.54) is 23.5 Å². The number of ether oxygens (including phenoxy) is 1. The molecular formula is C22H20F3NO3S. The third-order valence-corrected chi connectivity index (χ3v) is 5.77. The molecule has 0 aliphatic carbocycles. The first-order chi connectivity index (χ1) is 14.1. The number of nitrogens with zero attached hydrogens (tertiary/aromatic N) is 1. The second-order valence-electron chi connectivity index (χ2n) is 6.88. The maximum absolute atomic E-state index is 12.7. The van der Waals surface area contributed by atoms with E-state index in [-0.39, 0.29) is 13.0 Å². The summed E-state index contributed by atoms with van der Waals surface area (Å²) in [7, 11) is 0. The van der Waals surface area contributed by atoms with Crippen LogP contribution in [0.1, 0.15) is 33.7 Å². The van der Waals surface area contributed by atoms with Crippen LogP contribution in [0.3, 0.4) is 0 Å². The lowest BCUT2D eigenvalue weighted by Crippen LogP contribution is -2.03. The summed E-state index contributed by atoms with van der Waals surface area (Å²) in [4.78, 5) is 16.1. The molecule has 3 rings (SSSR count). The largest absolute Gasteiger partial charge is 0.488 e. The molecule has 0 spiro atoms. The number of carboxylic acid groups (broad SMARTS) is 1. The van der Waals surface area contributed by atoms with E-state index < -0.39 is 17.7 Å². The summed E-state index contributed by atoms with van der Waals surface area (Å²) in [6.07, 6.45) is -3.90. The number of aliphatic carboxylic acids is 1. The second kappa shape index (κ2) is 8.87. The van der Waals surface area contributed by atoms with Gasteiger partial charge in [0.05, 0.1) is 16.1 Å². The van der Waals surface area contributed by atoms with Crippen molar-refractivity contribution in [3.8, 4) is 16.3 Å². The molecule has 0 amide bonds. The number of hydrogen-bond acceptors (Lipinski definition) is 4. The molecule has 1 heterocycles. The van der Waals surface area contributed by atoms with Crippen molar-refractivity contribution >= 4 is 17.3 Å². The molecule has 8 heteroatoms. The van der Waals surface area contributed by atoms with Gasteiger partial charge in [-0.3, -0.25) is 4.79 Å². The van der Waals surface area contributed by atoms with Crippen LogP contribution in [0, 0.1) is 13.8 Å². The first-order valence-electron chi connectivity index (χ1n) is 9.21. The van der Waals surface area contributed by atoms with E-state index in [0.29, 0.717) is 22.7 Å². The Morgan fingerprint density at radius 2 is 1.83 bits per heavy atom. The zero-order valence-corrected chi connectivity index (χ0v) is 17.2. The fourth-order valence-electron chi connectivity index (χ4n) is 2.84. The van der Waals surface area contributed by atoms with E-state index in [9.17, 15) is 18.0 Å². The van der Waals surface area contributed by atoms with Gasteiger partial charge in [-0.2, -0.15) is 13.2 Å². The van der Waals surface area contributed by atoms with Gasteiger partial charge in [0.25, 0.3) is 0 Å². The van der Waals surface area contributed by atoms with Gasteiger partial charge in [0.2, 0.25) is 0 Å². The Hall–Kier alpha value is -2.87. The second-order valence-corrected chi connectivity index (χ2v) is 7.97. The third-order valence-electron chi connectivity index (χ3n) is 4.59. The summed E-state index contributed by atoms with van der Waals surface area (Å²) in [5.74, 6) is -0.184. The Balaban J connectivity index is 1.72. The first kappa shape index (κ1) is 21.8. The van der Waals surface area contributed by atoms with Crippen LogP contribution in [0.25, 0.3) is 10.6 Å². The van der Waals surface area contributed by atoms with E-state index in [0.717, 1.165) is 33.8 Å². The van der Waals surface area contributed by atoms with Gasteiger partial charge in [-0.25, -0.2) is 4.98 Å². The molecule has 4 nitrogen and oxygen atoms in total. The SMILES string of the molecule is Cc1ccc(CCC(=O)O)cc1OCc1sc(-c2ccc(C(F)(F)F)cc2)nc1C. The minimum Gasteiger partial charge on any atom is -0.488 e. The van der Waals surface area contributed by atoms with Gasteiger partial charge in [-0.05, 0) is 49.6 Å². The van der Waals surface area contributed by atoms with Crippen LogP contribution < -0.4 is 4.74 Å². The van der Waals surface area contributed by atoms with Crippen LogP contribution in [0.5, 0.6) is 5.75 Å². The topological polar surface area (TPSA) is 59.4 Å². The molecule has 0 aliphatic rings. The van der Waals surface area contributed by atoms with Gasteiger partial charge in [0.1, 0.15) is 17.4 Å². The average molecular weight is 435 g/mol. The molecule has 0 aliphatic heterocycles. The Labute approximate surface area is 176 Å². The molecule has 30 heavy (non-hydrogen) atoms. The van der Waals surface area contributed by atoms with Crippen molar-refractivity contribution in [2.75, 3.05) is 0 Å². The molecule has 0 unspecified atom stereocenters. The summed E-state index contributed by atoms with van der Waals surface area (Å²) in [5, 5.41) is 9.47. The van der Waals surface area contributed by atoms with Crippen molar-refractivity contribution in [2.45, 2.75) is 39.5 Å². The molecule has 0 radical (unpaired) electrons. The molecule has 158 valence electrons. The number of alkyl halides is 3. The number of halogens is 3. The zero-order valence-electron chi connectivity index (χ0n) is 16.4. The summed E-state index contributed by atoms with van der Waals surface area (Å²) in [5.41, 5.74) is 2.49. The van der Waals surface area contributed by atoms with Crippen molar-refractivity contribution in [3.05, 3.63) is 69.7 Å². The van der Waals surface area contributed by atoms with Crippen LogP contribution in [0.2, 0.25) is 0 Å². The highest BCUT2D eigenvalue weighted by Crippen LogP contribution is 2.33. The molecule has 0 saturated heterocycles. The van der Waals surface area contributed by atoms with E-state index in [1.807, 2.05) is 32.0 Å². The van der Waals surface area contributed by atoms with Crippen LogP contribution in [-0.4, -0.2) is 16.1 Å². The number of rotatable bonds is 7. The van der Waals surface area contributed by atoms with E-state index in [1.54, 1.807) is 0 Å². The highest BCUT2D eigenvalue weighted by Gasteiger charge is 2.30. The monoisotopic (exact) mass is 435 g/mol. The Kier molecular flexibility index (Phi) is 6.45. The summed E-state index contributed by atoms with van der Waals surface area (Å²) >= 11 is 1.37. The van der Waals surface area contributed by atoms with Crippen LogP contribution in [-0.2, 0) is 24.0 Å². The maximum atomic E-state index is 12.7. The predicted octanol–water partition coefficient (Wildman–Crippen LogP) is 6.04. The Morgan fingerprint density at radius 1 is 1.13 bits per heavy atom. The van der Waals surface area contributed by atoms with Crippen molar-refractivity contribution < 1.29 is 27.8 Å². The van der Waals surface area contributed by atoms with Gasteiger partial charge in [-0.1, -0.05) is 24.3 Å². The highest BCUT2D eigenvalue weighted by molar-refractivity contribution is 7.15. The number of carboxylic acids is 1. The van der Waals surface area contributed by atoms with E-state index in [2.05, 4.69) is 4.98 Å². The minimum atomic E-state index is -4.37. The number of carbonyl (C=O) groups is 1.